The van der Waals surface area contributed by atoms with Crippen LogP contribution in [0.15, 0.2) is 0 Å². The first kappa shape index (κ1) is 29.8. The van der Waals surface area contributed by atoms with Crippen LogP contribution in [0, 0.1) is 0 Å². The molecule has 0 rings (SSSR count). The normalized spacial score (nSPS) is 11.4. The van der Waals surface area contributed by atoms with Gasteiger partial charge in [-0.05, 0) is 70.6 Å². The van der Waals surface area contributed by atoms with Crippen molar-refractivity contribution in [1.82, 2.24) is 0 Å². The van der Waals surface area contributed by atoms with E-state index in [4.69, 9.17) is 28.8 Å². The van der Waals surface area contributed by atoms with Crippen molar-refractivity contribution in [3.63, 3.8) is 0 Å². The fraction of sp³-hybridized carbons (Fsp3) is 1.00. The van der Waals surface area contributed by atoms with Crippen molar-refractivity contribution in [1.29, 1.82) is 0 Å². The highest BCUT2D eigenvalue weighted by molar-refractivity contribution is 4.44. The molecule has 0 saturated heterocycles. The van der Waals surface area contributed by atoms with Crippen LogP contribution in [-0.2, 0) is 23.7 Å². The smallest absolute Gasteiger partial charge is 0.0466 e. The van der Waals surface area contributed by atoms with Gasteiger partial charge in [-0.25, -0.2) is 0 Å². The molecular formula is C24H50O6. The van der Waals surface area contributed by atoms with Crippen LogP contribution in [0.1, 0.15) is 84.0 Å². The van der Waals surface area contributed by atoms with Crippen LogP contribution in [0.5, 0.6) is 0 Å². The standard InChI is InChI=1S/C24H50O6/c1-2-3-15-26-17-6-7-19-28-21-10-11-23-30-24-13-12-22-29-20-9-8-18-27-16-5-4-14-25/h25H,2-24H2,1H3. The molecule has 0 radical (unpaired) electrons. The van der Waals surface area contributed by atoms with Gasteiger partial charge in [0.15, 0.2) is 0 Å². The number of hydrogen-bond donors (Lipinski definition) is 1. The first-order valence-corrected chi connectivity index (χ1v) is 12.4. The topological polar surface area (TPSA) is 66.4 Å². The Hall–Kier alpha value is -0.240. The molecule has 0 aromatic rings. The summed E-state index contributed by atoms with van der Waals surface area (Å²) in [6.45, 7) is 10.7. The van der Waals surface area contributed by atoms with Crippen molar-refractivity contribution in [3.05, 3.63) is 0 Å². The van der Waals surface area contributed by atoms with Crippen LogP contribution in [-0.4, -0.2) is 77.8 Å². The number of unbranched alkanes of at least 4 members (excludes halogenated alkanes) is 6. The molecule has 30 heavy (non-hydrogen) atoms. The second-order valence-electron chi connectivity index (χ2n) is 7.67. The Morgan fingerprint density at radius 1 is 0.367 bits per heavy atom. The first-order valence-electron chi connectivity index (χ1n) is 12.4. The number of ether oxygens (including phenoxy) is 5. The number of aliphatic hydroxyl groups excluding tert-OH is 1. The van der Waals surface area contributed by atoms with Crippen LogP contribution in [0.25, 0.3) is 0 Å². The van der Waals surface area contributed by atoms with Gasteiger partial charge in [-0.3, -0.25) is 0 Å². The first-order chi connectivity index (χ1) is 14.9. The van der Waals surface area contributed by atoms with Crippen molar-refractivity contribution in [3.8, 4) is 0 Å². The van der Waals surface area contributed by atoms with Gasteiger partial charge in [0.25, 0.3) is 0 Å². The Bertz CT molecular complexity index is 263. The highest BCUT2D eigenvalue weighted by Gasteiger charge is 1.95. The molecule has 0 heterocycles. The second kappa shape index (κ2) is 28.8. The molecule has 0 fully saturated rings. The molecule has 0 bridgehead atoms. The van der Waals surface area contributed by atoms with Gasteiger partial charge < -0.3 is 28.8 Å². The third-order valence-corrected chi connectivity index (χ3v) is 4.65. The molecule has 0 saturated carbocycles. The highest BCUT2D eigenvalue weighted by atomic mass is 16.5. The van der Waals surface area contributed by atoms with E-state index in [0.717, 1.165) is 137 Å². The molecule has 182 valence electrons. The van der Waals surface area contributed by atoms with Crippen LogP contribution < -0.4 is 0 Å². The van der Waals surface area contributed by atoms with Crippen LogP contribution in [0.4, 0.5) is 0 Å². The molecule has 0 aromatic carbocycles. The SMILES string of the molecule is CCCCOCCCCOCCCCOCCCCOCCCCOCCCCO. The zero-order valence-electron chi connectivity index (χ0n) is 19.8. The van der Waals surface area contributed by atoms with E-state index in [0.29, 0.717) is 0 Å². The summed E-state index contributed by atoms with van der Waals surface area (Å²) in [5.74, 6) is 0. The van der Waals surface area contributed by atoms with Gasteiger partial charge in [-0.2, -0.15) is 0 Å². The van der Waals surface area contributed by atoms with E-state index < -0.39 is 0 Å². The molecule has 0 atom stereocenters. The molecular weight excluding hydrogens is 384 g/mol. The predicted octanol–water partition coefficient (Wildman–Crippen LogP) is 4.76. The van der Waals surface area contributed by atoms with Gasteiger partial charge in [0.05, 0.1) is 0 Å². The molecule has 0 aliphatic carbocycles. The van der Waals surface area contributed by atoms with E-state index in [2.05, 4.69) is 6.92 Å². The Kier molecular flexibility index (Phi) is 28.5. The predicted molar refractivity (Wildman–Crippen MR) is 122 cm³/mol. The molecule has 0 aliphatic heterocycles. The van der Waals surface area contributed by atoms with Crippen molar-refractivity contribution in [2.45, 2.75) is 84.0 Å². The Balaban J connectivity index is 2.97. The summed E-state index contributed by atoms with van der Waals surface area (Å²) in [4.78, 5) is 0. The quantitative estimate of drug-likeness (QED) is 0.188. The number of hydrogen-bond acceptors (Lipinski definition) is 6. The van der Waals surface area contributed by atoms with Crippen molar-refractivity contribution in [2.24, 2.45) is 0 Å². The fourth-order valence-electron chi connectivity index (χ4n) is 2.71. The maximum absolute atomic E-state index is 8.67. The van der Waals surface area contributed by atoms with Gasteiger partial charge in [-0.15, -0.1) is 0 Å². The van der Waals surface area contributed by atoms with E-state index >= 15 is 0 Å². The summed E-state index contributed by atoms with van der Waals surface area (Å²) < 4.78 is 28.0. The third kappa shape index (κ3) is 27.8. The Morgan fingerprint density at radius 2 is 0.600 bits per heavy atom. The summed E-state index contributed by atoms with van der Waals surface area (Å²) >= 11 is 0. The van der Waals surface area contributed by atoms with Crippen LogP contribution in [0.2, 0.25) is 0 Å². The molecule has 6 heteroatoms. The molecule has 0 aliphatic rings. The van der Waals surface area contributed by atoms with Crippen LogP contribution in [0.3, 0.4) is 0 Å². The maximum Gasteiger partial charge on any atom is 0.0466 e. The Labute approximate surface area is 185 Å². The largest absolute Gasteiger partial charge is 0.396 e. The lowest BCUT2D eigenvalue weighted by molar-refractivity contribution is 0.0812. The third-order valence-electron chi connectivity index (χ3n) is 4.65. The minimum Gasteiger partial charge on any atom is -0.396 e. The Morgan fingerprint density at radius 3 is 0.833 bits per heavy atom. The summed E-state index contributed by atoms with van der Waals surface area (Å²) in [6, 6.07) is 0. The lowest BCUT2D eigenvalue weighted by Crippen LogP contribution is -2.04. The summed E-state index contributed by atoms with van der Waals surface area (Å²) in [6.07, 6.45) is 12.7. The minimum absolute atomic E-state index is 0.257. The number of aliphatic hydroxyl groups is 1. The van der Waals surface area contributed by atoms with Crippen molar-refractivity contribution >= 4 is 0 Å². The average Bonchev–Trinajstić information content (AvgIpc) is 2.76. The van der Waals surface area contributed by atoms with E-state index in [1.807, 2.05) is 0 Å². The lowest BCUT2D eigenvalue weighted by atomic mass is 10.3. The highest BCUT2D eigenvalue weighted by Crippen LogP contribution is 1.99. The lowest BCUT2D eigenvalue weighted by Gasteiger charge is -2.07. The van der Waals surface area contributed by atoms with E-state index in [1.165, 1.54) is 6.42 Å². The molecule has 6 nitrogen and oxygen atoms in total. The molecule has 1 N–H and O–H groups in total. The molecule has 0 unspecified atom stereocenters. The summed E-state index contributed by atoms with van der Waals surface area (Å²) in [5.41, 5.74) is 0. The van der Waals surface area contributed by atoms with Crippen molar-refractivity contribution in [2.75, 3.05) is 72.7 Å². The van der Waals surface area contributed by atoms with Gasteiger partial charge in [0, 0.05) is 72.7 Å². The fourth-order valence-corrected chi connectivity index (χ4v) is 2.71. The number of rotatable bonds is 27. The van der Waals surface area contributed by atoms with Crippen LogP contribution >= 0.6 is 0 Å². The van der Waals surface area contributed by atoms with Gasteiger partial charge in [0.2, 0.25) is 0 Å². The monoisotopic (exact) mass is 434 g/mol. The van der Waals surface area contributed by atoms with Gasteiger partial charge in [-0.1, -0.05) is 13.3 Å². The van der Waals surface area contributed by atoms with Gasteiger partial charge >= 0.3 is 0 Å². The van der Waals surface area contributed by atoms with E-state index in [9.17, 15) is 0 Å². The minimum atomic E-state index is 0.257. The molecule has 0 amide bonds. The van der Waals surface area contributed by atoms with Gasteiger partial charge in [0.1, 0.15) is 0 Å². The average molecular weight is 435 g/mol. The summed E-state index contributed by atoms with van der Waals surface area (Å²) in [7, 11) is 0. The summed E-state index contributed by atoms with van der Waals surface area (Å²) in [5, 5.41) is 8.67. The molecule has 0 aromatic heterocycles. The zero-order chi connectivity index (χ0) is 21.8. The van der Waals surface area contributed by atoms with Crippen molar-refractivity contribution < 1.29 is 28.8 Å². The zero-order valence-corrected chi connectivity index (χ0v) is 19.8. The maximum atomic E-state index is 8.67. The second-order valence-corrected chi connectivity index (χ2v) is 7.67. The van der Waals surface area contributed by atoms with E-state index in [1.54, 1.807) is 0 Å². The molecule has 0 spiro atoms. The van der Waals surface area contributed by atoms with E-state index in [-0.39, 0.29) is 6.61 Å².